The summed E-state index contributed by atoms with van der Waals surface area (Å²) in [5.41, 5.74) is 3.19. The highest BCUT2D eigenvalue weighted by atomic mass is 16.5. The fourth-order valence-electron chi connectivity index (χ4n) is 4.60. The molecule has 1 amide bonds. The Morgan fingerprint density at radius 3 is 2.23 bits per heavy atom. The summed E-state index contributed by atoms with van der Waals surface area (Å²) in [5, 5.41) is 11.4. The van der Waals surface area contributed by atoms with Gasteiger partial charge in [0.2, 0.25) is 0 Å². The SMILES string of the molecule is Cc1cccc(C2/C(=C(\O)c3cccc(OC(C)C)c3)C(=O)C(=O)N2Cc2ccc(C(=O)OC(C)C)cc2)c1. The first-order valence-corrected chi connectivity index (χ1v) is 13.0. The molecule has 7 heteroatoms. The van der Waals surface area contributed by atoms with Crippen molar-refractivity contribution in [2.75, 3.05) is 0 Å². The Kier molecular flexibility index (Phi) is 8.19. The van der Waals surface area contributed by atoms with Crippen molar-refractivity contribution in [2.24, 2.45) is 0 Å². The Hall–Kier alpha value is -4.39. The zero-order valence-electron chi connectivity index (χ0n) is 22.8. The van der Waals surface area contributed by atoms with Gasteiger partial charge >= 0.3 is 5.97 Å². The van der Waals surface area contributed by atoms with Crippen molar-refractivity contribution < 1.29 is 29.0 Å². The van der Waals surface area contributed by atoms with Gasteiger partial charge in [-0.2, -0.15) is 0 Å². The van der Waals surface area contributed by atoms with Crippen LogP contribution in [0.25, 0.3) is 5.76 Å². The highest BCUT2D eigenvalue weighted by Crippen LogP contribution is 2.40. The van der Waals surface area contributed by atoms with Gasteiger partial charge in [0.25, 0.3) is 11.7 Å². The van der Waals surface area contributed by atoms with Gasteiger partial charge in [0.15, 0.2) is 0 Å². The third-order valence-electron chi connectivity index (χ3n) is 6.26. The minimum Gasteiger partial charge on any atom is -0.507 e. The zero-order valence-corrected chi connectivity index (χ0v) is 22.8. The number of ketones is 1. The number of carbonyl (C=O) groups is 3. The van der Waals surface area contributed by atoms with E-state index in [-0.39, 0.29) is 30.1 Å². The van der Waals surface area contributed by atoms with E-state index in [0.717, 1.165) is 11.1 Å². The van der Waals surface area contributed by atoms with Crippen molar-refractivity contribution in [1.29, 1.82) is 0 Å². The molecule has 0 aliphatic carbocycles. The predicted molar refractivity (Wildman–Crippen MR) is 148 cm³/mol. The summed E-state index contributed by atoms with van der Waals surface area (Å²) in [6.07, 6.45) is -0.310. The van der Waals surface area contributed by atoms with Crippen molar-refractivity contribution in [3.05, 3.63) is 106 Å². The van der Waals surface area contributed by atoms with Crippen LogP contribution in [0, 0.1) is 6.92 Å². The standard InChI is InChI=1S/C32H33NO6/c1-19(2)38-26-11-7-10-25(17-26)29(34)27-28(24-9-6-8-21(5)16-24)33(31(36)30(27)35)18-22-12-14-23(15-13-22)32(37)39-20(3)4/h6-17,19-20,28,34H,18H2,1-5H3/b29-27+. The van der Waals surface area contributed by atoms with Gasteiger partial charge in [-0.1, -0.05) is 54.1 Å². The highest BCUT2D eigenvalue weighted by molar-refractivity contribution is 6.46. The third-order valence-corrected chi connectivity index (χ3v) is 6.26. The smallest absolute Gasteiger partial charge is 0.338 e. The van der Waals surface area contributed by atoms with Gasteiger partial charge in [0.1, 0.15) is 11.5 Å². The first-order valence-electron chi connectivity index (χ1n) is 13.0. The van der Waals surface area contributed by atoms with E-state index in [1.165, 1.54) is 4.90 Å². The number of amides is 1. The molecule has 0 aromatic heterocycles. The normalized spacial score (nSPS) is 16.7. The van der Waals surface area contributed by atoms with Crippen LogP contribution in [-0.2, 0) is 20.9 Å². The number of hydrogen-bond acceptors (Lipinski definition) is 6. The molecule has 1 aliphatic heterocycles. The number of rotatable bonds is 8. The molecular formula is C32H33NO6. The summed E-state index contributed by atoms with van der Waals surface area (Å²) in [6, 6.07) is 20.3. The molecule has 202 valence electrons. The molecule has 1 heterocycles. The molecule has 1 fully saturated rings. The molecule has 0 bridgehead atoms. The van der Waals surface area contributed by atoms with E-state index < -0.39 is 23.7 Å². The number of carbonyl (C=O) groups excluding carboxylic acids is 3. The molecule has 3 aromatic carbocycles. The first-order chi connectivity index (χ1) is 18.5. The number of nitrogens with zero attached hydrogens (tertiary/aromatic N) is 1. The molecule has 4 rings (SSSR count). The second-order valence-electron chi connectivity index (χ2n) is 10.2. The van der Waals surface area contributed by atoms with Gasteiger partial charge < -0.3 is 19.5 Å². The maximum absolute atomic E-state index is 13.4. The number of Topliss-reactive ketones (excluding diaryl/α,β-unsaturated/α-hetero) is 1. The number of aliphatic hydroxyl groups excluding tert-OH is 1. The summed E-state index contributed by atoms with van der Waals surface area (Å²) in [7, 11) is 0. The maximum atomic E-state index is 13.4. The van der Waals surface area contributed by atoms with Crippen LogP contribution in [0.2, 0.25) is 0 Å². The monoisotopic (exact) mass is 527 g/mol. The molecule has 0 spiro atoms. The Morgan fingerprint density at radius 2 is 1.59 bits per heavy atom. The molecule has 1 saturated heterocycles. The van der Waals surface area contributed by atoms with E-state index >= 15 is 0 Å². The Morgan fingerprint density at radius 1 is 0.897 bits per heavy atom. The molecule has 0 saturated carbocycles. The van der Waals surface area contributed by atoms with E-state index in [9.17, 15) is 19.5 Å². The number of hydrogen-bond donors (Lipinski definition) is 1. The van der Waals surface area contributed by atoms with Crippen LogP contribution in [0.3, 0.4) is 0 Å². The van der Waals surface area contributed by atoms with Gasteiger partial charge in [-0.15, -0.1) is 0 Å². The number of aryl methyl sites for hydroxylation is 1. The van der Waals surface area contributed by atoms with Crippen molar-refractivity contribution in [3.8, 4) is 5.75 Å². The average Bonchev–Trinajstić information content (AvgIpc) is 3.13. The van der Waals surface area contributed by atoms with Gasteiger partial charge in [-0.05, 0) is 70.0 Å². The number of likely N-dealkylation sites (tertiary alicyclic amines) is 1. The van der Waals surface area contributed by atoms with Crippen LogP contribution in [0.1, 0.15) is 66.3 Å². The van der Waals surface area contributed by atoms with Crippen molar-refractivity contribution >= 4 is 23.4 Å². The lowest BCUT2D eigenvalue weighted by molar-refractivity contribution is -0.140. The summed E-state index contributed by atoms with van der Waals surface area (Å²) < 4.78 is 11.0. The average molecular weight is 528 g/mol. The van der Waals surface area contributed by atoms with Crippen LogP contribution >= 0.6 is 0 Å². The lowest BCUT2D eigenvalue weighted by Gasteiger charge is -2.26. The Bertz CT molecular complexity index is 1420. The first kappa shape index (κ1) is 27.6. The number of ether oxygens (including phenoxy) is 2. The maximum Gasteiger partial charge on any atom is 0.338 e. The number of esters is 1. The van der Waals surface area contributed by atoms with Crippen LogP contribution in [0.4, 0.5) is 0 Å². The fraction of sp³-hybridized carbons (Fsp3) is 0.281. The Balaban J connectivity index is 1.75. The van der Waals surface area contributed by atoms with E-state index in [0.29, 0.717) is 22.4 Å². The number of aliphatic hydroxyl groups is 1. The van der Waals surface area contributed by atoms with Gasteiger partial charge in [0.05, 0.1) is 29.4 Å². The van der Waals surface area contributed by atoms with Crippen molar-refractivity contribution in [1.82, 2.24) is 4.90 Å². The lowest BCUT2D eigenvalue weighted by atomic mass is 9.94. The van der Waals surface area contributed by atoms with Gasteiger partial charge in [-0.25, -0.2) is 4.79 Å². The summed E-state index contributed by atoms with van der Waals surface area (Å²) in [6.45, 7) is 9.39. The van der Waals surface area contributed by atoms with E-state index in [4.69, 9.17) is 9.47 Å². The van der Waals surface area contributed by atoms with E-state index in [1.807, 2.05) is 45.0 Å². The third kappa shape index (κ3) is 6.20. The zero-order chi connectivity index (χ0) is 28.3. The Labute approximate surface area is 228 Å². The predicted octanol–water partition coefficient (Wildman–Crippen LogP) is 5.97. The lowest BCUT2D eigenvalue weighted by Crippen LogP contribution is -2.29. The number of benzene rings is 3. The molecule has 39 heavy (non-hydrogen) atoms. The molecule has 7 nitrogen and oxygen atoms in total. The topological polar surface area (TPSA) is 93.1 Å². The second-order valence-corrected chi connectivity index (χ2v) is 10.2. The van der Waals surface area contributed by atoms with Crippen molar-refractivity contribution in [3.63, 3.8) is 0 Å². The molecular weight excluding hydrogens is 494 g/mol. The molecule has 3 aromatic rings. The van der Waals surface area contributed by atoms with Crippen LogP contribution in [0.15, 0.2) is 78.4 Å². The molecule has 1 aliphatic rings. The molecule has 1 atom stereocenters. The molecule has 1 N–H and O–H groups in total. The van der Waals surface area contributed by atoms with E-state index in [2.05, 4.69) is 0 Å². The van der Waals surface area contributed by atoms with Crippen molar-refractivity contribution in [2.45, 2.75) is 59.4 Å². The molecule has 1 unspecified atom stereocenters. The summed E-state index contributed by atoms with van der Waals surface area (Å²) in [4.78, 5) is 40.5. The summed E-state index contributed by atoms with van der Waals surface area (Å²) >= 11 is 0. The minimum atomic E-state index is -0.801. The van der Waals surface area contributed by atoms with Gasteiger partial charge in [0, 0.05) is 12.1 Å². The minimum absolute atomic E-state index is 0.0180. The van der Waals surface area contributed by atoms with Crippen LogP contribution in [-0.4, -0.2) is 39.9 Å². The highest BCUT2D eigenvalue weighted by Gasteiger charge is 2.46. The van der Waals surface area contributed by atoms with Gasteiger partial charge in [-0.3, -0.25) is 9.59 Å². The largest absolute Gasteiger partial charge is 0.507 e. The van der Waals surface area contributed by atoms with Crippen LogP contribution in [0.5, 0.6) is 5.75 Å². The fourth-order valence-corrected chi connectivity index (χ4v) is 4.60. The summed E-state index contributed by atoms with van der Waals surface area (Å²) in [5.74, 6) is -1.61. The molecule has 0 radical (unpaired) electrons. The van der Waals surface area contributed by atoms with Crippen LogP contribution < -0.4 is 4.74 Å². The second kappa shape index (κ2) is 11.6. The van der Waals surface area contributed by atoms with E-state index in [1.54, 1.807) is 62.4 Å². The quantitative estimate of drug-likeness (QED) is 0.168.